The molecular formula is C17H16N2O4S2. The number of carbonyl (C=O) groups excluding carboxylic acids is 1. The summed E-state index contributed by atoms with van der Waals surface area (Å²) in [5.41, 5.74) is 1.69. The van der Waals surface area contributed by atoms with Crippen molar-refractivity contribution in [1.82, 2.24) is 10.0 Å². The van der Waals surface area contributed by atoms with E-state index in [9.17, 15) is 13.2 Å². The second-order valence-electron chi connectivity index (χ2n) is 5.39. The Morgan fingerprint density at radius 3 is 2.48 bits per heavy atom. The average molecular weight is 376 g/mol. The van der Waals surface area contributed by atoms with Crippen LogP contribution in [0, 0.1) is 0 Å². The van der Waals surface area contributed by atoms with Gasteiger partial charge in [-0.1, -0.05) is 24.3 Å². The Morgan fingerprint density at radius 1 is 1.16 bits per heavy atom. The van der Waals surface area contributed by atoms with E-state index in [1.807, 2.05) is 18.2 Å². The molecule has 3 rings (SSSR count). The SMILES string of the molecule is CON(C)C(=O)c1ccc(CS(=O)(=O)c2nc3ccccc3s2)cc1. The lowest BCUT2D eigenvalue weighted by Crippen LogP contribution is -2.25. The van der Waals surface area contributed by atoms with E-state index in [0.29, 0.717) is 16.6 Å². The highest BCUT2D eigenvalue weighted by Crippen LogP contribution is 2.27. The van der Waals surface area contributed by atoms with Crippen LogP contribution >= 0.6 is 11.3 Å². The van der Waals surface area contributed by atoms with Crippen LogP contribution < -0.4 is 0 Å². The molecule has 0 unspecified atom stereocenters. The molecule has 0 bridgehead atoms. The zero-order valence-corrected chi connectivity index (χ0v) is 15.3. The van der Waals surface area contributed by atoms with Gasteiger partial charge >= 0.3 is 0 Å². The number of hydrogen-bond acceptors (Lipinski definition) is 6. The first kappa shape index (κ1) is 17.5. The van der Waals surface area contributed by atoms with Crippen molar-refractivity contribution in [3.8, 4) is 0 Å². The Morgan fingerprint density at radius 2 is 1.84 bits per heavy atom. The molecule has 6 nitrogen and oxygen atoms in total. The van der Waals surface area contributed by atoms with Gasteiger partial charge in [-0.05, 0) is 29.8 Å². The predicted molar refractivity (Wildman–Crippen MR) is 96.1 cm³/mol. The molecule has 0 aliphatic carbocycles. The van der Waals surface area contributed by atoms with E-state index in [2.05, 4.69) is 4.98 Å². The maximum absolute atomic E-state index is 12.6. The molecule has 130 valence electrons. The van der Waals surface area contributed by atoms with E-state index >= 15 is 0 Å². The van der Waals surface area contributed by atoms with Crippen molar-refractivity contribution in [3.63, 3.8) is 0 Å². The Hall–Kier alpha value is -2.29. The maximum Gasteiger partial charge on any atom is 0.277 e. The van der Waals surface area contributed by atoms with Gasteiger partial charge in [0.15, 0.2) is 0 Å². The minimum absolute atomic E-state index is 0.105. The Balaban J connectivity index is 1.82. The highest BCUT2D eigenvalue weighted by Gasteiger charge is 2.20. The molecule has 0 aliphatic heterocycles. The molecule has 1 amide bonds. The van der Waals surface area contributed by atoms with Gasteiger partial charge in [-0.25, -0.2) is 18.5 Å². The van der Waals surface area contributed by atoms with Crippen molar-refractivity contribution in [2.24, 2.45) is 0 Å². The van der Waals surface area contributed by atoms with Crippen LogP contribution in [0.15, 0.2) is 52.9 Å². The van der Waals surface area contributed by atoms with Crippen LogP contribution in [0.4, 0.5) is 0 Å². The molecule has 0 saturated carbocycles. The molecule has 0 N–H and O–H groups in total. The molecule has 0 spiro atoms. The summed E-state index contributed by atoms with van der Waals surface area (Å²) >= 11 is 1.16. The molecule has 2 aromatic carbocycles. The van der Waals surface area contributed by atoms with Gasteiger partial charge in [0.2, 0.25) is 14.2 Å². The number of carbonyl (C=O) groups is 1. The van der Waals surface area contributed by atoms with Crippen molar-refractivity contribution in [1.29, 1.82) is 0 Å². The number of rotatable bonds is 5. The minimum Gasteiger partial charge on any atom is -0.274 e. The van der Waals surface area contributed by atoms with Gasteiger partial charge in [0.1, 0.15) is 0 Å². The van der Waals surface area contributed by atoms with Crippen molar-refractivity contribution in [3.05, 3.63) is 59.7 Å². The molecular weight excluding hydrogens is 360 g/mol. The summed E-state index contributed by atoms with van der Waals surface area (Å²) in [6, 6.07) is 13.7. The number of para-hydroxylation sites is 1. The van der Waals surface area contributed by atoms with E-state index in [4.69, 9.17) is 4.84 Å². The lowest BCUT2D eigenvalue weighted by atomic mass is 10.1. The summed E-state index contributed by atoms with van der Waals surface area (Å²) in [7, 11) is -0.634. The molecule has 0 aliphatic rings. The highest BCUT2D eigenvalue weighted by molar-refractivity contribution is 7.92. The fraction of sp³-hybridized carbons (Fsp3) is 0.176. The molecule has 0 fully saturated rings. The van der Waals surface area contributed by atoms with E-state index in [-0.39, 0.29) is 16.0 Å². The zero-order chi connectivity index (χ0) is 18.0. The molecule has 0 saturated heterocycles. The Labute approximate surface area is 149 Å². The van der Waals surface area contributed by atoms with Gasteiger partial charge in [-0.3, -0.25) is 9.63 Å². The van der Waals surface area contributed by atoms with Gasteiger partial charge < -0.3 is 0 Å². The van der Waals surface area contributed by atoms with E-state index in [1.165, 1.54) is 14.2 Å². The monoisotopic (exact) mass is 376 g/mol. The molecule has 3 aromatic rings. The first-order valence-electron chi connectivity index (χ1n) is 7.40. The van der Waals surface area contributed by atoms with Crippen molar-refractivity contribution in [2.75, 3.05) is 14.2 Å². The summed E-state index contributed by atoms with van der Waals surface area (Å²) in [5.74, 6) is -0.468. The van der Waals surface area contributed by atoms with Crippen molar-refractivity contribution >= 4 is 37.3 Å². The van der Waals surface area contributed by atoms with Gasteiger partial charge in [-0.2, -0.15) is 0 Å². The van der Waals surface area contributed by atoms with Crippen LogP contribution in [0.1, 0.15) is 15.9 Å². The minimum atomic E-state index is -3.54. The number of aromatic nitrogens is 1. The lowest BCUT2D eigenvalue weighted by molar-refractivity contribution is -0.0756. The Bertz CT molecular complexity index is 978. The third-order valence-corrected chi connectivity index (χ3v) is 6.84. The number of thiazole rings is 1. The lowest BCUT2D eigenvalue weighted by Gasteiger charge is -2.13. The van der Waals surface area contributed by atoms with E-state index in [1.54, 1.807) is 30.3 Å². The van der Waals surface area contributed by atoms with Gasteiger partial charge in [-0.15, -0.1) is 11.3 Å². The molecule has 25 heavy (non-hydrogen) atoms. The van der Waals surface area contributed by atoms with Crippen LogP contribution in [-0.2, 0) is 20.4 Å². The number of amides is 1. The molecule has 1 aromatic heterocycles. The van der Waals surface area contributed by atoms with Crippen LogP contribution in [-0.4, -0.2) is 38.5 Å². The first-order valence-corrected chi connectivity index (χ1v) is 9.87. The van der Waals surface area contributed by atoms with Crippen LogP contribution in [0.25, 0.3) is 10.2 Å². The molecule has 0 atom stereocenters. The summed E-state index contributed by atoms with van der Waals surface area (Å²) in [5, 5.41) is 1.10. The van der Waals surface area contributed by atoms with Crippen LogP contribution in [0.5, 0.6) is 0 Å². The summed E-state index contributed by atoms with van der Waals surface area (Å²) in [6.07, 6.45) is 0. The molecule has 1 heterocycles. The smallest absolute Gasteiger partial charge is 0.274 e. The van der Waals surface area contributed by atoms with Crippen molar-refractivity contribution < 1.29 is 18.0 Å². The molecule has 8 heteroatoms. The third-order valence-electron chi connectivity index (χ3n) is 3.66. The first-order chi connectivity index (χ1) is 11.9. The maximum atomic E-state index is 12.6. The van der Waals surface area contributed by atoms with E-state index in [0.717, 1.165) is 21.1 Å². The second-order valence-corrected chi connectivity index (χ2v) is 8.58. The number of nitrogens with zero attached hydrogens (tertiary/aromatic N) is 2. The average Bonchev–Trinajstić information content (AvgIpc) is 3.06. The quantitative estimate of drug-likeness (QED) is 0.640. The third kappa shape index (κ3) is 3.71. The zero-order valence-electron chi connectivity index (χ0n) is 13.7. The highest BCUT2D eigenvalue weighted by atomic mass is 32.2. The fourth-order valence-electron chi connectivity index (χ4n) is 2.27. The number of hydroxylamine groups is 2. The number of sulfone groups is 1. The van der Waals surface area contributed by atoms with Crippen molar-refractivity contribution in [2.45, 2.75) is 10.1 Å². The summed E-state index contributed by atoms with van der Waals surface area (Å²) in [6.45, 7) is 0. The number of benzene rings is 2. The summed E-state index contributed by atoms with van der Waals surface area (Å²) in [4.78, 5) is 21.0. The fourth-order valence-corrected chi connectivity index (χ4v) is 4.92. The summed E-state index contributed by atoms with van der Waals surface area (Å²) < 4.78 is 26.1. The second kappa shape index (κ2) is 6.91. The largest absolute Gasteiger partial charge is 0.277 e. The topological polar surface area (TPSA) is 76.6 Å². The van der Waals surface area contributed by atoms with Gasteiger partial charge in [0, 0.05) is 12.6 Å². The standard InChI is InChI=1S/C17H16N2O4S2/c1-19(23-2)16(20)13-9-7-12(8-10-13)11-25(21,22)17-18-14-5-3-4-6-15(14)24-17/h3-10H,11H2,1-2H3. The van der Waals surface area contributed by atoms with Crippen LogP contribution in [0.2, 0.25) is 0 Å². The van der Waals surface area contributed by atoms with Crippen LogP contribution in [0.3, 0.4) is 0 Å². The predicted octanol–water partition coefficient (Wildman–Crippen LogP) is 2.90. The molecule has 0 radical (unpaired) electrons. The van der Waals surface area contributed by atoms with Gasteiger partial charge in [0.25, 0.3) is 5.91 Å². The number of fused-ring (bicyclic) bond motifs is 1. The number of hydrogen-bond donors (Lipinski definition) is 0. The normalized spacial score (nSPS) is 11.6. The van der Waals surface area contributed by atoms with Gasteiger partial charge in [0.05, 0.1) is 23.1 Å². The Kier molecular flexibility index (Phi) is 4.85. The van der Waals surface area contributed by atoms with E-state index < -0.39 is 9.84 Å².